The predicted octanol–water partition coefficient (Wildman–Crippen LogP) is 3.45. The first-order valence-electron chi connectivity index (χ1n) is 11.9. The molecule has 2 heterocycles. The number of piperazine rings is 1. The first-order chi connectivity index (χ1) is 17.4. The molecular weight excluding hydrogens is 494 g/mol. The molecular formula is C25H27F4N5O3. The van der Waals surface area contributed by atoms with Crippen LogP contribution in [0, 0.1) is 11.2 Å². The summed E-state index contributed by atoms with van der Waals surface area (Å²) in [6, 6.07) is 4.90. The van der Waals surface area contributed by atoms with Gasteiger partial charge in [0.15, 0.2) is 0 Å². The Morgan fingerprint density at radius 3 is 2.35 bits per heavy atom. The molecule has 8 nitrogen and oxygen atoms in total. The van der Waals surface area contributed by atoms with Crippen LogP contribution in [0.5, 0.6) is 0 Å². The maximum Gasteiger partial charge on any atom is 0.403 e. The largest absolute Gasteiger partial charge is 0.403 e. The zero-order chi connectivity index (χ0) is 27.1. The molecule has 3 N–H and O–H groups in total. The summed E-state index contributed by atoms with van der Waals surface area (Å²) in [6.07, 6.45) is -3.41. The van der Waals surface area contributed by atoms with Gasteiger partial charge in [0.25, 0.3) is 0 Å². The molecule has 37 heavy (non-hydrogen) atoms. The summed E-state index contributed by atoms with van der Waals surface area (Å²) in [5.41, 5.74) is 4.68. The molecule has 1 saturated carbocycles. The molecule has 0 radical (unpaired) electrons. The number of aromatic nitrogens is 1. The van der Waals surface area contributed by atoms with E-state index in [-0.39, 0.29) is 31.6 Å². The van der Waals surface area contributed by atoms with E-state index in [0.717, 1.165) is 17.0 Å². The number of nitrogens with two attached hydrogens (primary N) is 1. The molecule has 1 saturated heterocycles. The molecule has 4 rings (SSSR count). The Labute approximate surface area is 210 Å². The van der Waals surface area contributed by atoms with Gasteiger partial charge in [-0.3, -0.25) is 14.4 Å². The lowest BCUT2D eigenvalue weighted by Gasteiger charge is -2.46. The zero-order valence-electron chi connectivity index (χ0n) is 20.3. The number of pyridine rings is 1. The van der Waals surface area contributed by atoms with Gasteiger partial charge >= 0.3 is 18.0 Å². The number of hydrogen-bond donors (Lipinski definition) is 2. The highest BCUT2D eigenvalue weighted by molar-refractivity contribution is 6.39. The van der Waals surface area contributed by atoms with Crippen LogP contribution in [0.4, 0.5) is 29.1 Å². The maximum absolute atomic E-state index is 13.7. The van der Waals surface area contributed by atoms with E-state index in [1.54, 1.807) is 6.07 Å². The molecule has 0 bridgehead atoms. The number of carbonyl (C=O) groups excluding carboxylic acids is 3. The van der Waals surface area contributed by atoms with E-state index in [2.05, 4.69) is 10.3 Å². The van der Waals surface area contributed by atoms with Gasteiger partial charge in [-0.25, -0.2) is 9.37 Å². The number of rotatable bonds is 4. The van der Waals surface area contributed by atoms with E-state index >= 15 is 0 Å². The summed E-state index contributed by atoms with van der Waals surface area (Å²) >= 11 is 0. The van der Waals surface area contributed by atoms with E-state index in [9.17, 15) is 31.9 Å². The van der Waals surface area contributed by atoms with Crippen molar-refractivity contribution in [2.24, 2.45) is 5.41 Å². The standard InChI is InChI=1S/C25H27F4N5O3/c1-3-15-10-18(11-31-20(15)30)32-21(35)22(36)34-12-14(2)33(23(37)24(8-9-24)25(27,28)29)13-19(34)16-4-6-17(26)7-5-16/h4-7,10-11,14,19H,3,8-9,12-13H2,1-2H3,(H2,30,31)(H,32,35)/t14-,19-/m1/s1. The Bertz CT molecular complexity index is 1210. The quantitative estimate of drug-likeness (QED) is 0.473. The summed E-state index contributed by atoms with van der Waals surface area (Å²) in [5.74, 6) is -3.23. The number of nitrogen functional groups attached to an aromatic ring is 1. The van der Waals surface area contributed by atoms with Crippen molar-refractivity contribution in [2.75, 3.05) is 24.1 Å². The van der Waals surface area contributed by atoms with Gasteiger partial charge in [-0.05, 0) is 55.5 Å². The van der Waals surface area contributed by atoms with Gasteiger partial charge in [-0.2, -0.15) is 13.2 Å². The van der Waals surface area contributed by atoms with Gasteiger partial charge in [-0.15, -0.1) is 0 Å². The Balaban J connectivity index is 1.60. The highest BCUT2D eigenvalue weighted by atomic mass is 19.4. The van der Waals surface area contributed by atoms with Crippen LogP contribution in [0.3, 0.4) is 0 Å². The number of nitrogens with one attached hydrogen (secondary N) is 1. The monoisotopic (exact) mass is 521 g/mol. The van der Waals surface area contributed by atoms with Crippen molar-refractivity contribution >= 4 is 29.2 Å². The molecule has 2 atom stereocenters. The summed E-state index contributed by atoms with van der Waals surface area (Å²) in [7, 11) is 0. The summed E-state index contributed by atoms with van der Waals surface area (Å²) in [5, 5.41) is 2.49. The fraction of sp³-hybridized carbons (Fsp3) is 0.440. The second kappa shape index (κ2) is 9.64. The molecule has 1 aromatic heterocycles. The molecule has 1 aliphatic carbocycles. The normalized spacial score (nSPS) is 20.9. The minimum absolute atomic E-state index is 0.186. The third-order valence-corrected chi connectivity index (χ3v) is 7.05. The molecule has 2 aromatic rings. The number of benzene rings is 1. The fourth-order valence-electron chi connectivity index (χ4n) is 4.66. The number of aryl methyl sites for hydroxylation is 1. The molecule has 12 heteroatoms. The second-order valence-corrected chi connectivity index (χ2v) is 9.49. The maximum atomic E-state index is 13.7. The molecule has 1 aromatic carbocycles. The van der Waals surface area contributed by atoms with Crippen molar-refractivity contribution in [3.8, 4) is 0 Å². The number of hydrogen-bond acceptors (Lipinski definition) is 5. The van der Waals surface area contributed by atoms with Crippen molar-refractivity contribution in [3.63, 3.8) is 0 Å². The van der Waals surface area contributed by atoms with E-state index in [0.29, 0.717) is 23.4 Å². The smallest absolute Gasteiger partial charge is 0.383 e. The van der Waals surface area contributed by atoms with Crippen molar-refractivity contribution in [1.82, 2.24) is 14.8 Å². The van der Waals surface area contributed by atoms with Crippen molar-refractivity contribution in [3.05, 3.63) is 53.5 Å². The average Bonchev–Trinajstić information content (AvgIpc) is 3.67. The van der Waals surface area contributed by atoms with Crippen LogP contribution in [-0.4, -0.2) is 57.8 Å². The van der Waals surface area contributed by atoms with Crippen LogP contribution >= 0.6 is 0 Å². The van der Waals surface area contributed by atoms with E-state index in [4.69, 9.17) is 5.73 Å². The molecule has 2 fully saturated rings. The lowest BCUT2D eigenvalue weighted by molar-refractivity contribution is -0.201. The third kappa shape index (κ3) is 4.96. The fourth-order valence-corrected chi connectivity index (χ4v) is 4.66. The molecule has 1 aliphatic heterocycles. The second-order valence-electron chi connectivity index (χ2n) is 9.49. The van der Waals surface area contributed by atoms with E-state index in [1.165, 1.54) is 30.2 Å². The Morgan fingerprint density at radius 2 is 1.78 bits per heavy atom. The van der Waals surface area contributed by atoms with Crippen LogP contribution in [0.1, 0.15) is 43.9 Å². The number of halogens is 4. The minimum Gasteiger partial charge on any atom is -0.383 e. The van der Waals surface area contributed by atoms with E-state index < -0.39 is 47.2 Å². The highest BCUT2D eigenvalue weighted by Gasteiger charge is 2.70. The summed E-state index contributed by atoms with van der Waals surface area (Å²) in [4.78, 5) is 45.6. The van der Waals surface area contributed by atoms with Crippen LogP contribution in [-0.2, 0) is 20.8 Å². The lowest BCUT2D eigenvalue weighted by Crippen LogP contribution is -2.60. The minimum atomic E-state index is -4.69. The zero-order valence-corrected chi connectivity index (χ0v) is 20.3. The van der Waals surface area contributed by atoms with Gasteiger partial charge in [-0.1, -0.05) is 19.1 Å². The SMILES string of the molecule is CCc1cc(NC(=O)C(=O)N2C[C@@H](C)N(C(=O)C3(C(F)(F)F)CC3)C[C@@H]2c2ccc(F)cc2)cnc1N. The van der Waals surface area contributed by atoms with Gasteiger partial charge in [0, 0.05) is 19.1 Å². The van der Waals surface area contributed by atoms with Gasteiger partial charge in [0.1, 0.15) is 17.1 Å². The number of amides is 3. The van der Waals surface area contributed by atoms with Gasteiger partial charge in [0.2, 0.25) is 5.91 Å². The van der Waals surface area contributed by atoms with Gasteiger partial charge < -0.3 is 20.9 Å². The first kappa shape index (κ1) is 26.4. The number of carbonyl (C=O) groups is 3. The summed E-state index contributed by atoms with van der Waals surface area (Å²) < 4.78 is 54.6. The molecule has 198 valence electrons. The predicted molar refractivity (Wildman–Crippen MR) is 126 cm³/mol. The van der Waals surface area contributed by atoms with Gasteiger partial charge in [0.05, 0.1) is 17.9 Å². The topological polar surface area (TPSA) is 109 Å². The molecule has 3 amide bonds. The molecule has 2 aliphatic rings. The van der Waals surface area contributed by atoms with Crippen LogP contribution < -0.4 is 11.1 Å². The van der Waals surface area contributed by atoms with Crippen molar-refractivity contribution < 1.29 is 31.9 Å². The summed E-state index contributed by atoms with van der Waals surface area (Å²) in [6.45, 7) is 2.92. The number of nitrogens with zero attached hydrogens (tertiary/aromatic N) is 3. The van der Waals surface area contributed by atoms with Crippen molar-refractivity contribution in [2.45, 2.75) is 51.4 Å². The lowest BCUT2D eigenvalue weighted by atomic mass is 9.96. The highest BCUT2D eigenvalue weighted by Crippen LogP contribution is 2.59. The van der Waals surface area contributed by atoms with Crippen LogP contribution in [0.15, 0.2) is 36.5 Å². The first-order valence-corrected chi connectivity index (χ1v) is 11.9. The average molecular weight is 522 g/mol. The van der Waals surface area contributed by atoms with E-state index in [1.807, 2.05) is 6.92 Å². The molecule has 0 unspecified atom stereocenters. The molecule has 0 spiro atoms. The Morgan fingerprint density at radius 1 is 1.14 bits per heavy atom. The third-order valence-electron chi connectivity index (χ3n) is 7.05. The number of anilines is 2. The Kier molecular flexibility index (Phi) is 6.87. The number of alkyl halides is 3. The van der Waals surface area contributed by atoms with Crippen LogP contribution in [0.25, 0.3) is 0 Å². The van der Waals surface area contributed by atoms with Crippen molar-refractivity contribution in [1.29, 1.82) is 0 Å². The van der Waals surface area contributed by atoms with Crippen LogP contribution in [0.2, 0.25) is 0 Å². The Hall–Kier alpha value is -3.70.